The lowest BCUT2D eigenvalue weighted by atomic mass is 9.97. The standard InChI is InChI=1S/C48H89NO13/c1-3-5-6-7-8-9-10-11-12-13-14-15-16-17-18-19-20-21-22-23-24-25-26-27-28-29-30-31-32-37(52)36(49-40(53)4-2)35-59-47-45(58)43(56)46(39(34-51)61-47)62-48-44(57)42(55)41(54)38(33-50)60-48/h27-28,31-32,36-39,41-48,50-52,54-58H,3-26,29-30,33-35H2,1-2H3,(H,49,53)/b28-27+,32-31+. The Morgan fingerprint density at radius 1 is 0.565 bits per heavy atom. The van der Waals surface area contributed by atoms with Gasteiger partial charge in [-0.1, -0.05) is 173 Å². The number of allylic oxidation sites excluding steroid dienone is 3. The van der Waals surface area contributed by atoms with Crippen LogP contribution in [0.15, 0.2) is 24.3 Å². The van der Waals surface area contributed by atoms with E-state index in [9.17, 15) is 45.6 Å². The van der Waals surface area contributed by atoms with Gasteiger partial charge in [0.05, 0.1) is 32.0 Å². The molecule has 0 aliphatic carbocycles. The van der Waals surface area contributed by atoms with E-state index in [1.54, 1.807) is 13.0 Å². The Bertz CT molecular complexity index is 1140. The first-order chi connectivity index (χ1) is 30.1. The topological polar surface area (TPSA) is 228 Å². The Morgan fingerprint density at radius 2 is 1.02 bits per heavy atom. The number of rotatable bonds is 37. The third-order valence-corrected chi connectivity index (χ3v) is 12.2. The van der Waals surface area contributed by atoms with Gasteiger partial charge in [-0.3, -0.25) is 4.79 Å². The maximum absolute atomic E-state index is 12.3. The summed E-state index contributed by atoms with van der Waals surface area (Å²) in [6.07, 6.45) is 23.8. The van der Waals surface area contributed by atoms with E-state index in [1.807, 2.05) is 6.08 Å². The molecule has 2 aliphatic rings. The van der Waals surface area contributed by atoms with Crippen molar-refractivity contribution < 1.29 is 64.6 Å². The van der Waals surface area contributed by atoms with Crippen molar-refractivity contribution in [2.45, 2.75) is 254 Å². The molecule has 0 radical (unpaired) electrons. The van der Waals surface area contributed by atoms with E-state index in [-0.39, 0.29) is 18.9 Å². The van der Waals surface area contributed by atoms with E-state index in [1.165, 1.54) is 141 Å². The minimum absolute atomic E-state index is 0.155. The Morgan fingerprint density at radius 3 is 1.52 bits per heavy atom. The Labute approximate surface area is 373 Å². The van der Waals surface area contributed by atoms with Gasteiger partial charge in [-0.2, -0.15) is 0 Å². The van der Waals surface area contributed by atoms with Crippen molar-refractivity contribution in [3.05, 3.63) is 24.3 Å². The molecule has 0 aromatic heterocycles. The molecule has 2 rings (SSSR count). The highest BCUT2D eigenvalue weighted by molar-refractivity contribution is 5.75. The molecule has 0 bridgehead atoms. The molecular formula is C48H89NO13. The van der Waals surface area contributed by atoms with Crippen LogP contribution in [-0.2, 0) is 23.7 Å². The second-order valence-electron chi connectivity index (χ2n) is 17.5. The Balaban J connectivity index is 1.56. The number of aliphatic hydroxyl groups excluding tert-OH is 8. The highest BCUT2D eigenvalue weighted by Gasteiger charge is 2.50. The zero-order chi connectivity index (χ0) is 45.4. The summed E-state index contributed by atoms with van der Waals surface area (Å²) in [5.41, 5.74) is 0. The number of amides is 1. The van der Waals surface area contributed by atoms with Gasteiger partial charge in [-0.05, 0) is 25.7 Å². The Kier molecular flexibility index (Phi) is 32.6. The molecule has 14 heteroatoms. The summed E-state index contributed by atoms with van der Waals surface area (Å²) in [4.78, 5) is 12.3. The Hall–Kier alpha value is -1.53. The molecule has 0 saturated carbocycles. The van der Waals surface area contributed by atoms with Gasteiger partial charge in [0.25, 0.3) is 0 Å². The van der Waals surface area contributed by atoms with E-state index in [0.29, 0.717) is 6.42 Å². The minimum Gasteiger partial charge on any atom is -0.394 e. The van der Waals surface area contributed by atoms with E-state index >= 15 is 0 Å². The number of unbranched alkanes of at least 4 members (excludes halogenated alkanes) is 23. The first-order valence-corrected chi connectivity index (χ1v) is 24.6. The largest absolute Gasteiger partial charge is 0.394 e. The monoisotopic (exact) mass is 888 g/mol. The normalized spacial score (nSPS) is 27.9. The molecule has 2 aliphatic heterocycles. The molecule has 12 unspecified atom stereocenters. The number of carbonyl (C=O) groups is 1. The first-order valence-electron chi connectivity index (χ1n) is 24.6. The van der Waals surface area contributed by atoms with Crippen molar-refractivity contribution in [1.29, 1.82) is 0 Å². The number of ether oxygens (including phenoxy) is 4. The second-order valence-corrected chi connectivity index (χ2v) is 17.5. The number of hydrogen-bond acceptors (Lipinski definition) is 13. The summed E-state index contributed by atoms with van der Waals surface area (Å²) in [5, 5.41) is 85.3. The van der Waals surface area contributed by atoms with Crippen LogP contribution in [0.3, 0.4) is 0 Å². The SMILES string of the molecule is CCCCCCCCCCCCCCCCCCCCCCCC/C=C/CC/C=C/C(O)C(COC1OC(CO)C(OC2OC(CO)C(O)C(O)C2O)C(O)C1O)NC(=O)CC. The van der Waals surface area contributed by atoms with E-state index < -0.39 is 86.8 Å². The van der Waals surface area contributed by atoms with Crippen LogP contribution < -0.4 is 5.32 Å². The highest BCUT2D eigenvalue weighted by Crippen LogP contribution is 2.30. The fourth-order valence-electron chi connectivity index (χ4n) is 8.09. The van der Waals surface area contributed by atoms with Crippen LogP contribution in [0.5, 0.6) is 0 Å². The second kappa shape index (κ2) is 35.7. The van der Waals surface area contributed by atoms with Crippen LogP contribution in [0.2, 0.25) is 0 Å². The van der Waals surface area contributed by atoms with Crippen LogP contribution in [0, 0.1) is 0 Å². The van der Waals surface area contributed by atoms with Crippen LogP contribution in [0.1, 0.15) is 181 Å². The van der Waals surface area contributed by atoms with Crippen molar-refractivity contribution in [2.75, 3.05) is 19.8 Å². The summed E-state index contributed by atoms with van der Waals surface area (Å²) in [6.45, 7) is 2.20. The zero-order valence-corrected chi connectivity index (χ0v) is 38.4. The molecule has 1 amide bonds. The van der Waals surface area contributed by atoms with Gasteiger partial charge in [-0.25, -0.2) is 0 Å². The van der Waals surface area contributed by atoms with Gasteiger partial charge in [0, 0.05) is 6.42 Å². The maximum Gasteiger partial charge on any atom is 0.220 e. The van der Waals surface area contributed by atoms with E-state index in [0.717, 1.165) is 12.8 Å². The molecule has 0 aromatic carbocycles. The quantitative estimate of drug-likeness (QED) is 0.0267. The first kappa shape index (κ1) is 56.6. The van der Waals surface area contributed by atoms with Crippen LogP contribution in [0.25, 0.3) is 0 Å². The molecule has 9 N–H and O–H groups in total. The molecular weight excluding hydrogens is 799 g/mol. The number of carbonyl (C=O) groups excluding carboxylic acids is 1. The van der Waals surface area contributed by atoms with Crippen molar-refractivity contribution in [3.63, 3.8) is 0 Å². The molecule has 2 heterocycles. The van der Waals surface area contributed by atoms with Crippen molar-refractivity contribution in [3.8, 4) is 0 Å². The summed E-state index contributed by atoms with van der Waals surface area (Å²) in [7, 11) is 0. The summed E-state index contributed by atoms with van der Waals surface area (Å²) >= 11 is 0. The van der Waals surface area contributed by atoms with Gasteiger partial charge in [-0.15, -0.1) is 0 Å². The molecule has 2 saturated heterocycles. The highest BCUT2D eigenvalue weighted by atomic mass is 16.7. The van der Waals surface area contributed by atoms with Crippen LogP contribution >= 0.6 is 0 Å². The average Bonchev–Trinajstić information content (AvgIpc) is 3.27. The average molecular weight is 888 g/mol. The molecule has 0 spiro atoms. The van der Waals surface area contributed by atoms with Crippen molar-refractivity contribution in [1.82, 2.24) is 5.32 Å². The van der Waals surface area contributed by atoms with Crippen molar-refractivity contribution >= 4 is 5.91 Å². The fraction of sp³-hybridized carbons (Fsp3) is 0.896. The smallest absolute Gasteiger partial charge is 0.220 e. The zero-order valence-electron chi connectivity index (χ0n) is 38.4. The van der Waals surface area contributed by atoms with Crippen molar-refractivity contribution in [2.24, 2.45) is 0 Å². The molecule has 62 heavy (non-hydrogen) atoms. The van der Waals surface area contributed by atoms with Gasteiger partial charge >= 0.3 is 0 Å². The number of hydrogen-bond donors (Lipinski definition) is 9. The van der Waals surface area contributed by atoms with Gasteiger partial charge in [0.1, 0.15) is 48.8 Å². The van der Waals surface area contributed by atoms with E-state index in [2.05, 4.69) is 24.4 Å². The molecule has 12 atom stereocenters. The van der Waals surface area contributed by atoms with Crippen LogP contribution in [-0.4, -0.2) is 140 Å². The van der Waals surface area contributed by atoms with E-state index in [4.69, 9.17) is 18.9 Å². The molecule has 364 valence electrons. The lowest BCUT2D eigenvalue weighted by Crippen LogP contribution is -2.65. The van der Waals surface area contributed by atoms with Gasteiger partial charge < -0.3 is 65.1 Å². The third kappa shape index (κ3) is 23.1. The number of aliphatic hydroxyl groups is 8. The number of nitrogens with one attached hydrogen (secondary N) is 1. The summed E-state index contributed by atoms with van der Waals surface area (Å²) in [5.74, 6) is -0.337. The summed E-state index contributed by atoms with van der Waals surface area (Å²) < 4.78 is 22.3. The van der Waals surface area contributed by atoms with Gasteiger partial charge in [0.15, 0.2) is 12.6 Å². The lowest BCUT2D eigenvalue weighted by Gasteiger charge is -2.46. The molecule has 2 fully saturated rings. The van der Waals surface area contributed by atoms with Crippen LogP contribution in [0.4, 0.5) is 0 Å². The molecule has 0 aromatic rings. The fourth-order valence-corrected chi connectivity index (χ4v) is 8.09. The predicted octanol–water partition coefficient (Wildman–Crippen LogP) is 5.77. The lowest BCUT2D eigenvalue weighted by molar-refractivity contribution is -0.359. The maximum atomic E-state index is 12.3. The van der Waals surface area contributed by atoms with Gasteiger partial charge in [0.2, 0.25) is 5.91 Å². The minimum atomic E-state index is -1.79. The summed E-state index contributed by atoms with van der Waals surface area (Å²) in [6, 6.07) is -0.924. The third-order valence-electron chi connectivity index (χ3n) is 12.2. The molecule has 14 nitrogen and oxygen atoms in total. The predicted molar refractivity (Wildman–Crippen MR) is 240 cm³/mol.